The van der Waals surface area contributed by atoms with Crippen LogP contribution in [0.1, 0.15) is 12.8 Å². The van der Waals surface area contributed by atoms with Gasteiger partial charge in [0.1, 0.15) is 5.82 Å². The second kappa shape index (κ2) is 4.81. The lowest BCUT2D eigenvalue weighted by atomic mass is 10.1. The normalized spacial score (nSPS) is 17.7. The van der Waals surface area contributed by atoms with Crippen molar-refractivity contribution in [2.75, 3.05) is 18.5 Å². The number of benzene rings is 1. The molecular weight excluding hydrogens is 217 g/mol. The van der Waals surface area contributed by atoms with Gasteiger partial charge in [-0.3, -0.25) is 0 Å². The second-order valence-corrected chi connectivity index (χ2v) is 4.07. The summed E-state index contributed by atoms with van der Waals surface area (Å²) >= 11 is 5.69. The van der Waals surface area contributed by atoms with Gasteiger partial charge < -0.3 is 10.1 Å². The molecule has 1 fully saturated rings. The van der Waals surface area contributed by atoms with Crippen molar-refractivity contribution in [2.24, 2.45) is 0 Å². The minimum absolute atomic E-state index is 0.159. The van der Waals surface area contributed by atoms with Crippen LogP contribution in [0.2, 0.25) is 5.02 Å². The van der Waals surface area contributed by atoms with Gasteiger partial charge in [-0.2, -0.15) is 0 Å². The van der Waals surface area contributed by atoms with Crippen molar-refractivity contribution in [1.82, 2.24) is 0 Å². The maximum absolute atomic E-state index is 12.9. The van der Waals surface area contributed by atoms with Gasteiger partial charge in [0.15, 0.2) is 0 Å². The Morgan fingerprint density at radius 1 is 1.33 bits per heavy atom. The molecule has 1 N–H and O–H groups in total. The Kier molecular flexibility index (Phi) is 3.44. The van der Waals surface area contributed by atoms with Crippen LogP contribution in [0.4, 0.5) is 10.1 Å². The zero-order chi connectivity index (χ0) is 10.7. The molecule has 0 radical (unpaired) electrons. The Balaban J connectivity index is 2.00. The molecule has 1 aliphatic heterocycles. The van der Waals surface area contributed by atoms with Crippen LogP contribution in [-0.2, 0) is 4.74 Å². The molecule has 1 heterocycles. The van der Waals surface area contributed by atoms with Gasteiger partial charge in [0.25, 0.3) is 0 Å². The molecule has 0 unspecified atom stereocenters. The fourth-order valence-corrected chi connectivity index (χ4v) is 1.84. The predicted octanol–water partition coefficient (Wildman–Crippen LogP) is 3.07. The SMILES string of the molecule is Fc1ccc(NC2CCOCC2)cc1Cl. The monoisotopic (exact) mass is 229 g/mol. The lowest BCUT2D eigenvalue weighted by Gasteiger charge is -2.24. The average molecular weight is 230 g/mol. The Morgan fingerprint density at radius 3 is 2.73 bits per heavy atom. The van der Waals surface area contributed by atoms with Gasteiger partial charge in [0.2, 0.25) is 0 Å². The summed E-state index contributed by atoms with van der Waals surface area (Å²) in [7, 11) is 0. The Morgan fingerprint density at radius 2 is 2.07 bits per heavy atom. The highest BCUT2D eigenvalue weighted by Crippen LogP contribution is 2.21. The van der Waals surface area contributed by atoms with Gasteiger partial charge in [0, 0.05) is 24.9 Å². The van der Waals surface area contributed by atoms with E-state index in [2.05, 4.69) is 5.32 Å². The third-order valence-corrected chi connectivity index (χ3v) is 2.80. The van der Waals surface area contributed by atoms with Crippen LogP contribution in [-0.4, -0.2) is 19.3 Å². The molecule has 1 aromatic rings. The molecule has 2 nitrogen and oxygen atoms in total. The molecule has 0 aromatic heterocycles. The smallest absolute Gasteiger partial charge is 0.141 e. The molecule has 0 spiro atoms. The van der Waals surface area contributed by atoms with Crippen LogP contribution in [0.5, 0.6) is 0 Å². The zero-order valence-corrected chi connectivity index (χ0v) is 9.06. The number of nitrogens with one attached hydrogen (secondary N) is 1. The number of rotatable bonds is 2. The molecule has 1 aromatic carbocycles. The first-order valence-corrected chi connectivity index (χ1v) is 5.43. The van der Waals surface area contributed by atoms with E-state index in [9.17, 15) is 4.39 Å². The molecule has 1 aliphatic rings. The fourth-order valence-electron chi connectivity index (χ4n) is 1.66. The van der Waals surface area contributed by atoms with Crippen molar-refractivity contribution in [3.05, 3.63) is 29.0 Å². The van der Waals surface area contributed by atoms with Crippen LogP contribution >= 0.6 is 11.6 Å². The fraction of sp³-hybridized carbons (Fsp3) is 0.455. The van der Waals surface area contributed by atoms with Crippen molar-refractivity contribution >= 4 is 17.3 Å². The highest BCUT2D eigenvalue weighted by molar-refractivity contribution is 6.31. The van der Waals surface area contributed by atoms with E-state index in [4.69, 9.17) is 16.3 Å². The van der Waals surface area contributed by atoms with Crippen molar-refractivity contribution in [3.8, 4) is 0 Å². The van der Waals surface area contributed by atoms with Gasteiger partial charge in [-0.1, -0.05) is 11.6 Å². The molecule has 15 heavy (non-hydrogen) atoms. The van der Waals surface area contributed by atoms with Crippen LogP contribution in [0.25, 0.3) is 0 Å². The topological polar surface area (TPSA) is 21.3 Å². The molecular formula is C11H13ClFNO. The van der Waals surface area contributed by atoms with Gasteiger partial charge in [-0.25, -0.2) is 4.39 Å². The maximum Gasteiger partial charge on any atom is 0.141 e. The highest BCUT2D eigenvalue weighted by atomic mass is 35.5. The quantitative estimate of drug-likeness (QED) is 0.842. The molecule has 82 valence electrons. The van der Waals surface area contributed by atoms with Crippen molar-refractivity contribution in [3.63, 3.8) is 0 Å². The van der Waals surface area contributed by atoms with Crippen LogP contribution < -0.4 is 5.32 Å². The average Bonchev–Trinajstić information content (AvgIpc) is 2.25. The van der Waals surface area contributed by atoms with Gasteiger partial charge in [-0.15, -0.1) is 0 Å². The summed E-state index contributed by atoms with van der Waals surface area (Å²) in [6.45, 7) is 1.57. The largest absolute Gasteiger partial charge is 0.382 e. The third-order valence-electron chi connectivity index (χ3n) is 2.51. The van der Waals surface area contributed by atoms with Gasteiger partial charge in [0.05, 0.1) is 5.02 Å². The summed E-state index contributed by atoms with van der Waals surface area (Å²) in [6, 6.07) is 5.10. The minimum atomic E-state index is -0.380. The summed E-state index contributed by atoms with van der Waals surface area (Å²) in [5.41, 5.74) is 0.869. The molecule has 0 bridgehead atoms. The predicted molar refractivity (Wildman–Crippen MR) is 58.9 cm³/mol. The van der Waals surface area contributed by atoms with E-state index in [0.29, 0.717) is 6.04 Å². The maximum atomic E-state index is 12.9. The summed E-state index contributed by atoms with van der Waals surface area (Å²) in [6.07, 6.45) is 1.96. The summed E-state index contributed by atoms with van der Waals surface area (Å²) in [5.74, 6) is -0.380. The molecule has 4 heteroatoms. The standard InChI is InChI=1S/C11H13ClFNO/c12-10-7-9(1-2-11(10)13)14-8-3-5-15-6-4-8/h1-2,7-8,14H,3-6H2. The number of ether oxygens (including phenoxy) is 1. The van der Waals surface area contributed by atoms with Crippen LogP contribution in [0.3, 0.4) is 0 Å². The third kappa shape index (κ3) is 2.83. The molecule has 0 atom stereocenters. The van der Waals surface area contributed by atoms with Crippen molar-refractivity contribution in [2.45, 2.75) is 18.9 Å². The Hall–Kier alpha value is -0.800. The number of hydrogen-bond donors (Lipinski definition) is 1. The summed E-state index contributed by atoms with van der Waals surface area (Å²) < 4.78 is 18.2. The molecule has 0 saturated carbocycles. The minimum Gasteiger partial charge on any atom is -0.382 e. The first kappa shape index (κ1) is 10.7. The highest BCUT2D eigenvalue weighted by Gasteiger charge is 2.13. The number of hydrogen-bond acceptors (Lipinski definition) is 2. The second-order valence-electron chi connectivity index (χ2n) is 3.66. The lowest BCUT2D eigenvalue weighted by Crippen LogP contribution is -2.27. The number of anilines is 1. The van der Waals surface area contributed by atoms with E-state index >= 15 is 0 Å². The summed E-state index contributed by atoms with van der Waals surface area (Å²) in [4.78, 5) is 0. The van der Waals surface area contributed by atoms with Gasteiger partial charge in [-0.05, 0) is 31.0 Å². The molecule has 2 rings (SSSR count). The summed E-state index contributed by atoms with van der Waals surface area (Å²) in [5, 5.41) is 3.48. The Labute approximate surface area is 93.4 Å². The first-order valence-electron chi connectivity index (χ1n) is 5.05. The van der Waals surface area contributed by atoms with E-state index < -0.39 is 0 Å². The van der Waals surface area contributed by atoms with Crippen LogP contribution in [0.15, 0.2) is 18.2 Å². The van der Waals surface area contributed by atoms with E-state index in [-0.39, 0.29) is 10.8 Å². The van der Waals surface area contributed by atoms with E-state index in [1.54, 1.807) is 12.1 Å². The molecule has 1 saturated heterocycles. The van der Waals surface area contributed by atoms with Gasteiger partial charge >= 0.3 is 0 Å². The number of halogens is 2. The van der Waals surface area contributed by atoms with Crippen molar-refractivity contribution < 1.29 is 9.13 Å². The molecule has 0 amide bonds. The Bertz CT molecular complexity index is 339. The lowest BCUT2D eigenvalue weighted by molar-refractivity contribution is 0.0904. The van der Waals surface area contributed by atoms with E-state index in [1.807, 2.05) is 0 Å². The van der Waals surface area contributed by atoms with Crippen LogP contribution in [0, 0.1) is 5.82 Å². The van der Waals surface area contributed by atoms with E-state index in [1.165, 1.54) is 6.07 Å². The molecule has 0 aliphatic carbocycles. The zero-order valence-electron chi connectivity index (χ0n) is 8.30. The first-order chi connectivity index (χ1) is 7.25. The van der Waals surface area contributed by atoms with E-state index in [0.717, 1.165) is 31.7 Å². The van der Waals surface area contributed by atoms with Crippen molar-refractivity contribution in [1.29, 1.82) is 0 Å².